The van der Waals surface area contributed by atoms with E-state index >= 15 is 0 Å². The lowest BCUT2D eigenvalue weighted by atomic mass is 10.1. The highest BCUT2D eigenvalue weighted by Gasteiger charge is 2.17. The van der Waals surface area contributed by atoms with Crippen molar-refractivity contribution in [2.24, 2.45) is 0 Å². The van der Waals surface area contributed by atoms with Crippen LogP contribution in [0.15, 0.2) is 47.3 Å². The summed E-state index contributed by atoms with van der Waals surface area (Å²) in [6.07, 6.45) is 2.91. The van der Waals surface area contributed by atoms with Crippen LogP contribution in [0.25, 0.3) is 10.9 Å². The van der Waals surface area contributed by atoms with Crippen molar-refractivity contribution in [1.82, 2.24) is 4.98 Å². The van der Waals surface area contributed by atoms with Crippen LogP contribution in [0.2, 0.25) is 0 Å². The van der Waals surface area contributed by atoms with Crippen LogP contribution in [0.4, 0.5) is 0 Å². The highest BCUT2D eigenvalue weighted by molar-refractivity contribution is 5.81. The number of aromatic amines is 1. The Hall–Kier alpha value is -2.55. The van der Waals surface area contributed by atoms with Crippen molar-refractivity contribution in [3.63, 3.8) is 0 Å². The first-order chi connectivity index (χ1) is 10.7. The van der Waals surface area contributed by atoms with E-state index in [9.17, 15) is 4.79 Å². The fraction of sp³-hybridized carbons (Fsp3) is 0.211. The predicted molar refractivity (Wildman–Crippen MR) is 87.8 cm³/mol. The van der Waals surface area contributed by atoms with E-state index < -0.39 is 0 Å². The Bertz CT molecular complexity index is 907. The minimum absolute atomic E-state index is 0.149. The largest absolute Gasteiger partial charge is 0.457 e. The average Bonchev–Trinajstić information content (AvgIpc) is 2.99. The van der Waals surface area contributed by atoms with Gasteiger partial charge in [0.2, 0.25) is 0 Å². The molecule has 0 aliphatic heterocycles. The molecule has 3 aromatic rings. The highest BCUT2D eigenvalue weighted by atomic mass is 16.5. The highest BCUT2D eigenvalue weighted by Crippen LogP contribution is 2.26. The van der Waals surface area contributed by atoms with E-state index in [0.29, 0.717) is 11.1 Å². The van der Waals surface area contributed by atoms with Gasteiger partial charge in [-0.15, -0.1) is 0 Å². The van der Waals surface area contributed by atoms with E-state index in [-0.39, 0.29) is 5.43 Å². The smallest absolute Gasteiger partial charge is 0.192 e. The predicted octanol–water partition coefficient (Wildman–Crippen LogP) is 4.12. The molecule has 0 spiro atoms. The van der Waals surface area contributed by atoms with Crippen molar-refractivity contribution in [2.45, 2.75) is 26.2 Å². The fourth-order valence-corrected chi connectivity index (χ4v) is 3.08. The molecule has 1 heterocycles. The molecule has 0 unspecified atom stereocenters. The number of rotatable bonds is 2. The molecule has 0 radical (unpaired) electrons. The molecule has 0 saturated carbocycles. The molecule has 1 aliphatic carbocycles. The van der Waals surface area contributed by atoms with Crippen molar-refractivity contribution in [2.75, 3.05) is 0 Å². The first-order valence-electron chi connectivity index (χ1n) is 7.63. The standard InChI is InChI=1S/C19H17NO2/c1-12-5-7-13(8-6-12)22-14-9-10-18-16(11-14)19(21)15-3-2-4-17(15)20-18/h5-11H,2-4H2,1H3,(H,20,21). The number of nitrogens with one attached hydrogen (secondary N) is 1. The summed E-state index contributed by atoms with van der Waals surface area (Å²) in [5, 5.41) is 0.713. The lowest BCUT2D eigenvalue weighted by molar-refractivity contribution is 0.483. The first kappa shape index (κ1) is 13.1. The zero-order valence-corrected chi connectivity index (χ0v) is 12.5. The lowest BCUT2D eigenvalue weighted by Crippen LogP contribution is -2.10. The monoisotopic (exact) mass is 291 g/mol. The Morgan fingerprint density at radius 1 is 1.00 bits per heavy atom. The van der Waals surface area contributed by atoms with Crippen LogP contribution in [-0.4, -0.2) is 4.98 Å². The molecule has 0 fully saturated rings. The Balaban J connectivity index is 1.77. The van der Waals surface area contributed by atoms with Crippen LogP contribution in [0.3, 0.4) is 0 Å². The number of ether oxygens (including phenoxy) is 1. The number of fused-ring (bicyclic) bond motifs is 2. The summed E-state index contributed by atoms with van der Waals surface area (Å²) in [7, 11) is 0. The molecule has 22 heavy (non-hydrogen) atoms. The quantitative estimate of drug-likeness (QED) is 0.771. The Kier molecular flexibility index (Phi) is 3.00. The van der Waals surface area contributed by atoms with E-state index in [1.54, 1.807) is 0 Å². The van der Waals surface area contributed by atoms with Gasteiger partial charge >= 0.3 is 0 Å². The van der Waals surface area contributed by atoms with Crippen LogP contribution in [0, 0.1) is 6.92 Å². The van der Waals surface area contributed by atoms with Crippen LogP contribution in [0.5, 0.6) is 11.5 Å². The third-order valence-electron chi connectivity index (χ3n) is 4.27. The molecule has 3 heteroatoms. The maximum Gasteiger partial charge on any atom is 0.192 e. The first-order valence-corrected chi connectivity index (χ1v) is 7.63. The number of hydrogen-bond donors (Lipinski definition) is 1. The second-order valence-corrected chi connectivity index (χ2v) is 5.89. The molecule has 1 aliphatic rings. The summed E-state index contributed by atoms with van der Waals surface area (Å²) < 4.78 is 5.86. The van der Waals surface area contributed by atoms with Crippen molar-refractivity contribution < 1.29 is 4.74 Å². The van der Waals surface area contributed by atoms with Crippen molar-refractivity contribution in [1.29, 1.82) is 0 Å². The number of H-pyrrole nitrogens is 1. The number of aromatic nitrogens is 1. The van der Waals surface area contributed by atoms with Gasteiger partial charge in [0.25, 0.3) is 0 Å². The number of pyridine rings is 1. The minimum Gasteiger partial charge on any atom is -0.457 e. The Labute approximate surface area is 128 Å². The lowest BCUT2D eigenvalue weighted by Gasteiger charge is -2.08. The topological polar surface area (TPSA) is 42.1 Å². The van der Waals surface area contributed by atoms with Gasteiger partial charge in [-0.2, -0.15) is 0 Å². The number of aryl methyl sites for hydroxylation is 2. The molecular formula is C19H17NO2. The molecule has 1 aromatic heterocycles. The summed E-state index contributed by atoms with van der Waals surface area (Å²) in [5.74, 6) is 1.47. The van der Waals surface area contributed by atoms with Crippen molar-refractivity contribution in [3.05, 3.63) is 69.5 Å². The molecule has 3 nitrogen and oxygen atoms in total. The maximum atomic E-state index is 12.6. The number of benzene rings is 2. The van der Waals surface area contributed by atoms with Gasteiger partial charge in [-0.05, 0) is 56.5 Å². The molecule has 1 N–H and O–H groups in total. The van der Waals surface area contributed by atoms with Crippen LogP contribution < -0.4 is 10.2 Å². The molecule has 0 bridgehead atoms. The summed E-state index contributed by atoms with van der Waals surface area (Å²) in [6.45, 7) is 2.04. The van der Waals surface area contributed by atoms with Gasteiger partial charge in [0.1, 0.15) is 11.5 Å². The van der Waals surface area contributed by atoms with Gasteiger partial charge in [-0.3, -0.25) is 4.79 Å². The second kappa shape index (κ2) is 5.02. The van der Waals surface area contributed by atoms with Gasteiger partial charge in [-0.25, -0.2) is 0 Å². The SMILES string of the molecule is Cc1ccc(Oc2ccc3[nH]c4c(c(=O)c3c2)CCC4)cc1. The van der Waals surface area contributed by atoms with E-state index in [1.807, 2.05) is 49.4 Å². The molecule has 0 atom stereocenters. The van der Waals surface area contributed by atoms with Gasteiger partial charge in [0.05, 0.1) is 0 Å². The minimum atomic E-state index is 0.149. The third kappa shape index (κ3) is 2.19. The summed E-state index contributed by atoms with van der Waals surface area (Å²) in [4.78, 5) is 16.0. The van der Waals surface area contributed by atoms with Gasteiger partial charge < -0.3 is 9.72 Å². The maximum absolute atomic E-state index is 12.6. The summed E-state index contributed by atoms with van der Waals surface area (Å²) in [6, 6.07) is 13.6. The van der Waals surface area contributed by atoms with Gasteiger partial charge in [0.15, 0.2) is 5.43 Å². The van der Waals surface area contributed by atoms with Crippen molar-refractivity contribution in [3.8, 4) is 11.5 Å². The van der Waals surface area contributed by atoms with E-state index in [1.165, 1.54) is 5.56 Å². The van der Waals surface area contributed by atoms with Crippen LogP contribution in [-0.2, 0) is 12.8 Å². The molecule has 110 valence electrons. The van der Waals surface area contributed by atoms with Gasteiger partial charge in [-0.1, -0.05) is 17.7 Å². The number of hydrogen-bond acceptors (Lipinski definition) is 2. The molecular weight excluding hydrogens is 274 g/mol. The van der Waals surface area contributed by atoms with Crippen LogP contribution >= 0.6 is 0 Å². The third-order valence-corrected chi connectivity index (χ3v) is 4.27. The van der Waals surface area contributed by atoms with Gasteiger partial charge in [0, 0.05) is 22.2 Å². The average molecular weight is 291 g/mol. The summed E-state index contributed by atoms with van der Waals surface area (Å²) >= 11 is 0. The molecule has 4 rings (SSSR count). The Morgan fingerprint density at radius 3 is 2.59 bits per heavy atom. The zero-order chi connectivity index (χ0) is 15.1. The normalized spacial score (nSPS) is 13.3. The van der Waals surface area contributed by atoms with E-state index in [0.717, 1.165) is 41.8 Å². The van der Waals surface area contributed by atoms with E-state index in [2.05, 4.69) is 4.98 Å². The molecule has 0 amide bonds. The zero-order valence-electron chi connectivity index (χ0n) is 12.5. The Morgan fingerprint density at radius 2 is 1.77 bits per heavy atom. The summed E-state index contributed by atoms with van der Waals surface area (Å²) in [5.41, 5.74) is 4.28. The molecule has 0 saturated heterocycles. The van der Waals surface area contributed by atoms with E-state index in [4.69, 9.17) is 4.74 Å². The molecule has 2 aromatic carbocycles. The second-order valence-electron chi connectivity index (χ2n) is 5.89. The fourth-order valence-electron chi connectivity index (χ4n) is 3.08. The van der Waals surface area contributed by atoms with Crippen molar-refractivity contribution >= 4 is 10.9 Å². The van der Waals surface area contributed by atoms with Crippen LogP contribution in [0.1, 0.15) is 23.2 Å².